The first-order valence-electron chi connectivity index (χ1n) is 12.4. The van der Waals surface area contributed by atoms with Gasteiger partial charge >= 0.3 is 5.69 Å². The molecule has 2 aromatic heterocycles. The first-order valence-corrected chi connectivity index (χ1v) is 12.4. The number of hydrogen-bond acceptors (Lipinski definition) is 4. The van der Waals surface area contributed by atoms with Crippen molar-refractivity contribution < 1.29 is 4.74 Å². The second kappa shape index (κ2) is 8.55. The van der Waals surface area contributed by atoms with Crippen molar-refractivity contribution in [3.63, 3.8) is 0 Å². The molecule has 5 aromatic rings. The van der Waals surface area contributed by atoms with Gasteiger partial charge in [0.2, 0.25) is 0 Å². The molecule has 1 aliphatic heterocycles. The van der Waals surface area contributed by atoms with E-state index in [1.807, 2.05) is 80.6 Å². The van der Waals surface area contributed by atoms with Crippen LogP contribution in [0.2, 0.25) is 0 Å². The molecule has 0 saturated carbocycles. The van der Waals surface area contributed by atoms with Crippen molar-refractivity contribution in [1.29, 1.82) is 0 Å². The lowest BCUT2D eigenvalue weighted by molar-refractivity contribution is 0.335. The summed E-state index contributed by atoms with van der Waals surface area (Å²) in [7, 11) is 3.27. The van der Waals surface area contributed by atoms with Gasteiger partial charge < -0.3 is 14.6 Å². The number of nitrogens with one attached hydrogen (secondary N) is 1. The van der Waals surface area contributed by atoms with Gasteiger partial charge in [-0.2, -0.15) is 0 Å². The van der Waals surface area contributed by atoms with E-state index >= 15 is 0 Å². The van der Waals surface area contributed by atoms with Crippen molar-refractivity contribution in [3.05, 3.63) is 110 Å². The maximum absolute atomic E-state index is 13.8. The molecule has 0 spiro atoms. The Balaban J connectivity index is 1.85. The van der Waals surface area contributed by atoms with E-state index < -0.39 is 0 Å². The largest absolute Gasteiger partial charge is 0.494 e. The summed E-state index contributed by atoms with van der Waals surface area (Å²) < 4.78 is 11.0. The zero-order chi connectivity index (χ0) is 25.8. The summed E-state index contributed by atoms with van der Waals surface area (Å²) in [6, 6.07) is 23.8. The van der Waals surface area contributed by atoms with Gasteiger partial charge in [-0.25, -0.2) is 4.79 Å². The average Bonchev–Trinajstić information content (AvgIpc) is 3.27. The van der Waals surface area contributed by atoms with Gasteiger partial charge in [-0.1, -0.05) is 54.1 Å². The smallest absolute Gasteiger partial charge is 0.331 e. The van der Waals surface area contributed by atoms with E-state index in [4.69, 9.17) is 4.74 Å². The van der Waals surface area contributed by atoms with Crippen molar-refractivity contribution in [2.45, 2.75) is 19.9 Å². The summed E-state index contributed by atoms with van der Waals surface area (Å²) in [5, 5.41) is 4.21. The number of anilines is 1. The fourth-order valence-electron chi connectivity index (χ4n) is 5.52. The minimum Gasteiger partial charge on any atom is -0.494 e. The highest BCUT2D eigenvalue weighted by atomic mass is 16.5. The van der Waals surface area contributed by atoms with Gasteiger partial charge in [0.25, 0.3) is 5.56 Å². The van der Waals surface area contributed by atoms with Crippen LogP contribution in [0.25, 0.3) is 27.8 Å². The Morgan fingerprint density at radius 3 is 2.46 bits per heavy atom. The number of aryl methyl sites for hydroxylation is 2. The second-order valence-electron chi connectivity index (χ2n) is 9.43. The first-order chi connectivity index (χ1) is 17.9. The SMILES string of the molecule is CCOc1ccccc1[C@@H]1Nc2ccccc2-n2c(-c3cccc(C)c3)c3c(=O)n(C)c(=O)n(C)c3c21. The molecule has 0 amide bonds. The van der Waals surface area contributed by atoms with E-state index in [1.165, 1.54) is 11.6 Å². The number of nitrogens with zero attached hydrogens (tertiary/aromatic N) is 3. The van der Waals surface area contributed by atoms with Crippen LogP contribution in [0.15, 0.2) is 82.4 Å². The van der Waals surface area contributed by atoms with Gasteiger partial charge in [0, 0.05) is 19.7 Å². The highest BCUT2D eigenvalue weighted by molar-refractivity contribution is 5.99. The highest BCUT2D eigenvalue weighted by Crippen LogP contribution is 2.46. The van der Waals surface area contributed by atoms with Crippen molar-refractivity contribution >= 4 is 16.6 Å². The van der Waals surface area contributed by atoms with Crippen LogP contribution >= 0.6 is 0 Å². The molecule has 0 bridgehead atoms. The molecule has 1 atom stereocenters. The molecule has 6 rings (SSSR count). The molecule has 0 saturated heterocycles. The fraction of sp³-hybridized carbons (Fsp3) is 0.200. The molecule has 3 heterocycles. The van der Waals surface area contributed by atoms with Gasteiger partial charge in [-0.3, -0.25) is 13.9 Å². The number of para-hydroxylation sites is 3. The van der Waals surface area contributed by atoms with Crippen molar-refractivity contribution in [3.8, 4) is 22.7 Å². The Labute approximate surface area is 214 Å². The molecule has 37 heavy (non-hydrogen) atoms. The zero-order valence-electron chi connectivity index (χ0n) is 21.3. The molecule has 1 N–H and O–H groups in total. The van der Waals surface area contributed by atoms with E-state index in [0.29, 0.717) is 17.5 Å². The van der Waals surface area contributed by atoms with Crippen LogP contribution in [0.5, 0.6) is 5.75 Å². The third-order valence-corrected chi connectivity index (χ3v) is 7.15. The standard InChI is InChI=1S/C30H28N4O3/c1-5-37-23-16-9-6-13-20(23)25-28-27-24(29(35)33(4)30(36)32(27)3)26(19-12-10-11-18(2)17-19)34(28)22-15-8-7-14-21(22)31-25/h6-17,25,31H,5H2,1-4H3/t25-/m0/s1. The Hall–Kier alpha value is -4.52. The predicted octanol–water partition coefficient (Wildman–Crippen LogP) is 4.92. The summed E-state index contributed by atoms with van der Waals surface area (Å²) in [6.45, 7) is 4.52. The van der Waals surface area contributed by atoms with Crippen molar-refractivity contribution in [2.75, 3.05) is 11.9 Å². The summed E-state index contributed by atoms with van der Waals surface area (Å²) >= 11 is 0. The summed E-state index contributed by atoms with van der Waals surface area (Å²) in [5.74, 6) is 0.758. The van der Waals surface area contributed by atoms with Crippen LogP contribution in [-0.4, -0.2) is 20.3 Å². The van der Waals surface area contributed by atoms with Crippen LogP contribution in [0.4, 0.5) is 5.69 Å². The van der Waals surface area contributed by atoms with Gasteiger partial charge in [0.15, 0.2) is 0 Å². The highest BCUT2D eigenvalue weighted by Gasteiger charge is 2.35. The van der Waals surface area contributed by atoms with E-state index in [0.717, 1.165) is 45.2 Å². The Morgan fingerprint density at radius 1 is 0.919 bits per heavy atom. The minimum absolute atomic E-state index is 0.314. The fourth-order valence-corrected chi connectivity index (χ4v) is 5.52. The monoisotopic (exact) mass is 492 g/mol. The summed E-state index contributed by atoms with van der Waals surface area (Å²) in [5.41, 5.74) is 6.33. The van der Waals surface area contributed by atoms with E-state index in [1.54, 1.807) is 11.6 Å². The quantitative estimate of drug-likeness (QED) is 0.387. The molecule has 7 heteroatoms. The number of benzene rings is 3. The minimum atomic E-state index is -0.364. The summed E-state index contributed by atoms with van der Waals surface area (Å²) in [4.78, 5) is 27.0. The van der Waals surface area contributed by atoms with E-state index in [-0.39, 0.29) is 17.3 Å². The number of hydrogen-bond donors (Lipinski definition) is 1. The summed E-state index contributed by atoms with van der Waals surface area (Å²) in [6.07, 6.45) is 0. The Morgan fingerprint density at radius 2 is 1.68 bits per heavy atom. The molecule has 3 aromatic carbocycles. The molecule has 0 radical (unpaired) electrons. The van der Waals surface area contributed by atoms with E-state index in [9.17, 15) is 9.59 Å². The Bertz CT molecular complexity index is 1810. The molecule has 0 unspecified atom stereocenters. The van der Waals surface area contributed by atoms with Crippen LogP contribution in [0.3, 0.4) is 0 Å². The maximum atomic E-state index is 13.8. The first kappa shape index (κ1) is 22.9. The third-order valence-electron chi connectivity index (χ3n) is 7.15. The lowest BCUT2D eigenvalue weighted by Gasteiger charge is -2.32. The predicted molar refractivity (Wildman–Crippen MR) is 147 cm³/mol. The molecule has 7 nitrogen and oxygen atoms in total. The lowest BCUT2D eigenvalue weighted by Crippen LogP contribution is -2.37. The third kappa shape index (κ3) is 3.34. The van der Waals surface area contributed by atoms with Gasteiger partial charge in [-0.15, -0.1) is 0 Å². The topological polar surface area (TPSA) is 70.2 Å². The van der Waals surface area contributed by atoms with E-state index in [2.05, 4.69) is 16.0 Å². The van der Waals surface area contributed by atoms with Crippen LogP contribution in [0.1, 0.15) is 29.8 Å². The van der Waals surface area contributed by atoms with Gasteiger partial charge in [-0.05, 0) is 43.7 Å². The number of ether oxygens (including phenoxy) is 1. The lowest BCUT2D eigenvalue weighted by atomic mass is 9.98. The molecule has 1 aliphatic rings. The normalized spacial score (nSPS) is 14.2. The molecular formula is C30H28N4O3. The molecule has 0 fully saturated rings. The second-order valence-corrected chi connectivity index (χ2v) is 9.43. The average molecular weight is 493 g/mol. The van der Waals surface area contributed by atoms with Crippen LogP contribution in [0, 0.1) is 6.92 Å². The van der Waals surface area contributed by atoms with Crippen LogP contribution < -0.4 is 21.3 Å². The van der Waals surface area contributed by atoms with Crippen molar-refractivity contribution in [2.24, 2.45) is 14.1 Å². The van der Waals surface area contributed by atoms with Gasteiger partial charge in [0.05, 0.1) is 46.3 Å². The maximum Gasteiger partial charge on any atom is 0.331 e. The Kier molecular flexibility index (Phi) is 5.30. The molecular weight excluding hydrogens is 464 g/mol. The molecule has 0 aliphatic carbocycles. The number of fused-ring (bicyclic) bond motifs is 5. The van der Waals surface area contributed by atoms with Crippen molar-refractivity contribution in [1.82, 2.24) is 13.7 Å². The van der Waals surface area contributed by atoms with Crippen LogP contribution in [-0.2, 0) is 14.1 Å². The molecule has 186 valence electrons. The zero-order valence-corrected chi connectivity index (χ0v) is 21.3. The number of aromatic nitrogens is 3. The van der Waals surface area contributed by atoms with Gasteiger partial charge in [0.1, 0.15) is 5.75 Å². The number of rotatable bonds is 4.